The topological polar surface area (TPSA) is 250 Å². The molecule has 0 radical (unpaired) electrons. The van der Waals surface area contributed by atoms with E-state index in [1.165, 1.54) is 4.90 Å². The van der Waals surface area contributed by atoms with E-state index in [1.54, 1.807) is 142 Å². The molecule has 0 bridgehead atoms. The number of nitrogens with zero attached hydrogens (tertiary/aromatic N) is 2. The van der Waals surface area contributed by atoms with Crippen LogP contribution in [0.1, 0.15) is 129 Å². The van der Waals surface area contributed by atoms with E-state index in [4.69, 9.17) is 7.10 Å². The van der Waals surface area contributed by atoms with Gasteiger partial charge in [0.25, 0.3) is 11.8 Å². The van der Waals surface area contributed by atoms with Crippen LogP contribution in [0.15, 0.2) is 209 Å². The number of carbonyl (C=O) groups excluding carboxylic acids is 4. The van der Waals surface area contributed by atoms with Gasteiger partial charge in [0.1, 0.15) is 0 Å². The van der Waals surface area contributed by atoms with Crippen molar-refractivity contribution in [2.45, 2.75) is 119 Å². The van der Waals surface area contributed by atoms with Crippen LogP contribution < -0.4 is 71.3 Å². The van der Waals surface area contributed by atoms with Crippen molar-refractivity contribution in [3.05, 3.63) is 238 Å². The fourth-order valence-electron chi connectivity index (χ4n) is 9.21. The summed E-state index contributed by atoms with van der Waals surface area (Å²) in [7, 11) is -11.9. The zero-order chi connectivity index (χ0) is 66.4. The average molecular weight is 1390 g/mol. The van der Waals surface area contributed by atoms with Crippen LogP contribution in [0.5, 0.6) is 0 Å². The molecule has 476 valence electrons. The van der Waals surface area contributed by atoms with Gasteiger partial charge in [-0.3, -0.25) is 18.9 Å². The Morgan fingerprint density at radius 3 is 0.967 bits per heavy atom. The maximum Gasteiger partial charge on any atom is 1.00 e. The van der Waals surface area contributed by atoms with Crippen molar-refractivity contribution in [2.24, 2.45) is 5.73 Å². The summed E-state index contributed by atoms with van der Waals surface area (Å²) in [5.41, 5.74) is 13.0. The second-order valence-electron chi connectivity index (χ2n) is 23.5. The van der Waals surface area contributed by atoms with E-state index in [0.717, 1.165) is 38.7 Å². The molecule has 0 atom stereocenters. The molecule has 4 amide bonds. The van der Waals surface area contributed by atoms with Crippen molar-refractivity contribution in [1.82, 2.24) is 19.1 Å². The Morgan fingerprint density at radius 2 is 0.692 bits per heavy atom. The van der Waals surface area contributed by atoms with Crippen LogP contribution in [0, 0.1) is 0 Å². The number of carbonyl (C=O) groups is 4. The maximum absolute atomic E-state index is 12.9. The molecule has 5 N–H and O–H groups in total. The van der Waals surface area contributed by atoms with Gasteiger partial charge in [0.05, 0.1) is 52.7 Å². The summed E-state index contributed by atoms with van der Waals surface area (Å²) >= 11 is 3.41. The first-order chi connectivity index (χ1) is 42.2. The van der Waals surface area contributed by atoms with E-state index >= 15 is 0 Å². The van der Waals surface area contributed by atoms with Crippen LogP contribution in [0.2, 0.25) is 0 Å². The minimum Gasteiger partial charge on any atom is -0.587 e. The molecule has 8 aromatic rings. The van der Waals surface area contributed by atoms with Crippen molar-refractivity contribution in [3.63, 3.8) is 0 Å². The first-order valence-electron chi connectivity index (χ1n) is 28.6. The number of benzene rings is 8. The smallest absolute Gasteiger partial charge is 0.587 e. The largest absolute Gasteiger partial charge is 1.00 e. The molecule has 16 nitrogen and oxygen atoms in total. The fraction of sp³-hybridized carbons (Fsp3) is 0.246. The second kappa shape index (κ2) is 33.1. The van der Waals surface area contributed by atoms with Crippen LogP contribution in [-0.2, 0) is 48.5 Å². The normalized spacial score (nSPS) is 12.9. The van der Waals surface area contributed by atoms with Gasteiger partial charge in [-0.25, -0.2) is 39.4 Å². The van der Waals surface area contributed by atoms with E-state index < -0.39 is 65.7 Å². The number of nitrogens with one attached hydrogen (secondary N) is 3. The third-order valence-corrected chi connectivity index (χ3v) is 18.9. The minimum absolute atomic E-state index is 0. The molecule has 0 unspecified atom stereocenters. The molecule has 22 heteroatoms. The number of hydrogen-bond acceptors (Lipinski definition) is 11. The van der Waals surface area contributed by atoms with Crippen LogP contribution in [-0.4, -0.2) is 77.6 Å². The van der Waals surface area contributed by atoms with Crippen molar-refractivity contribution in [1.29, 1.82) is 0 Å². The van der Waals surface area contributed by atoms with Gasteiger partial charge in [0, 0.05) is 56.3 Å². The predicted molar refractivity (Wildman–Crippen MR) is 359 cm³/mol. The Labute approximate surface area is 588 Å². The number of nitrogens with two attached hydrogens (primary N) is 1. The molecular weight excluding hydrogens is 1310 g/mol. The molecule has 2 heterocycles. The second-order valence-corrected chi connectivity index (χ2v) is 29.0. The first kappa shape index (κ1) is 75.5. The molecule has 2 aliphatic rings. The van der Waals surface area contributed by atoms with Gasteiger partial charge in [0.15, 0.2) is 0 Å². The quantitative estimate of drug-likeness (QED) is 0.0480. The van der Waals surface area contributed by atoms with Gasteiger partial charge in [-0.05, 0) is 126 Å². The summed E-state index contributed by atoms with van der Waals surface area (Å²) in [5.74, 6) is -1.46. The number of rotatable bonds is 13. The SMILES string of the molecule is C.CC(C)(C)NS(=O)(=O)c1ccccc1-c1ccc(CBr)cc1.CC(C)(C)NS(=O)(=O)c1ccccc1-c1ccc(CN)cc1.CC(C)(C)NS(=O)(=O)c1ccccc1-c1ccc(CN2C(=O)c3ccccc3C2=O)cc1.O=C1[N-]C(=O)c2ccccc21.[2H]CF.[K+]. The summed E-state index contributed by atoms with van der Waals surface area (Å²) in [5, 5.41) is 4.06. The number of alkyl halides is 2. The summed E-state index contributed by atoms with van der Waals surface area (Å²) in [6.45, 7) is 17.0. The van der Waals surface area contributed by atoms with Crippen LogP contribution in [0.25, 0.3) is 38.7 Å². The zero-order valence-electron chi connectivity index (χ0n) is 52.8. The Morgan fingerprint density at radius 1 is 0.440 bits per heavy atom. The summed E-state index contributed by atoms with van der Waals surface area (Å²) in [6, 6.07) is 57.0. The molecule has 0 fully saturated rings. The summed E-state index contributed by atoms with van der Waals surface area (Å²) in [6.07, 6.45) is 0. The van der Waals surface area contributed by atoms with E-state index in [1.807, 2.05) is 114 Å². The van der Waals surface area contributed by atoms with Crippen molar-refractivity contribution < 1.29 is 102 Å². The minimum atomic E-state index is -3.72. The molecule has 0 spiro atoms. The Hall–Kier alpha value is -6.22. The Balaban J connectivity index is 0.000000268. The van der Waals surface area contributed by atoms with Gasteiger partial charge in [-0.15, -0.1) is 0 Å². The zero-order valence-corrected chi connectivity index (χ0v) is 59.0. The van der Waals surface area contributed by atoms with Crippen molar-refractivity contribution in [3.8, 4) is 33.4 Å². The van der Waals surface area contributed by atoms with Gasteiger partial charge in [0.2, 0.25) is 30.1 Å². The number of hydrogen-bond donors (Lipinski definition) is 4. The van der Waals surface area contributed by atoms with E-state index in [-0.39, 0.29) is 87.0 Å². The van der Waals surface area contributed by atoms with Crippen LogP contribution in [0.3, 0.4) is 0 Å². The predicted octanol–water partition coefficient (Wildman–Crippen LogP) is 11.0. The molecule has 0 aliphatic carbocycles. The van der Waals surface area contributed by atoms with E-state index in [2.05, 4.69) is 35.4 Å². The van der Waals surface area contributed by atoms with E-state index in [9.17, 15) is 48.8 Å². The summed E-state index contributed by atoms with van der Waals surface area (Å²) < 4.78 is 100. The molecule has 91 heavy (non-hydrogen) atoms. The number of fused-ring (bicyclic) bond motifs is 2. The Kier molecular flexibility index (Phi) is 27.4. The third kappa shape index (κ3) is 21.1. The molecule has 0 aromatic heterocycles. The van der Waals surface area contributed by atoms with Gasteiger partial charge in [-0.1, -0.05) is 187 Å². The van der Waals surface area contributed by atoms with Crippen molar-refractivity contribution in [2.75, 3.05) is 7.15 Å². The standard InChI is InChI=1S/C25H24N2O4S.C17H20BrNO2S.C17H22N2O2S.C8H5NO2.CH3F.CH4.K/c1-25(2,3)26-32(30,31)22-11-7-6-8-19(22)18-14-12-17(13-15-18)16-27-23(28)20-9-4-5-10-21(20)24(27)29;2*1-17(2,3)19-22(20,21)16-7-5-4-6-15(16)14-10-8-13(12-18)9-11-14;10-7-5-3-1-2-4-6(5)8(11)9-7;1-2;;/h4-15,26H,16H2,1-3H3;4-11,19H,12H2,1-3H3;4-11,19H,12,18H2,1-3H3;1-4H,(H,9,10,11);1H3;1H4;/q;;;;;;+1/p-1/i;;;;1D;;. The van der Waals surface area contributed by atoms with E-state index in [0.29, 0.717) is 50.4 Å². The number of sulfonamides is 3. The summed E-state index contributed by atoms with van der Waals surface area (Å²) in [4.78, 5) is 49.0. The number of halogens is 2. The van der Waals surface area contributed by atoms with Crippen LogP contribution in [0.4, 0.5) is 4.39 Å². The maximum atomic E-state index is 12.9. The van der Waals surface area contributed by atoms with Crippen molar-refractivity contribution >= 4 is 69.6 Å². The molecular formula is C69H77BrFKN6O10S3. The number of imide groups is 2. The molecule has 0 saturated carbocycles. The molecule has 2 aliphatic heterocycles. The fourth-order valence-corrected chi connectivity index (χ4v) is 14.5. The monoisotopic (exact) mass is 1380 g/mol. The molecule has 8 aromatic carbocycles. The first-order valence-corrected chi connectivity index (χ1v) is 33.4. The molecule has 10 rings (SSSR count). The van der Waals surface area contributed by atoms with Crippen LogP contribution >= 0.6 is 15.9 Å². The Bertz CT molecular complexity index is 4020. The average Bonchev–Trinajstić information content (AvgIpc) is 1.57. The number of amides is 4. The van der Waals surface area contributed by atoms with Gasteiger partial charge < -0.3 is 20.6 Å². The third-order valence-electron chi connectivity index (χ3n) is 12.8. The molecule has 0 saturated heterocycles. The van der Waals surface area contributed by atoms with Gasteiger partial charge in [-0.2, -0.15) is 0 Å². The van der Waals surface area contributed by atoms with Gasteiger partial charge >= 0.3 is 51.4 Å².